The molecule has 1 aliphatic carbocycles. The lowest BCUT2D eigenvalue weighted by atomic mass is 9.97. The van der Waals surface area contributed by atoms with E-state index in [1.165, 1.54) is 32.1 Å². The van der Waals surface area contributed by atoms with E-state index in [2.05, 4.69) is 22.1 Å². The monoisotopic (exact) mass is 263 g/mol. The Labute approximate surface area is 115 Å². The van der Waals surface area contributed by atoms with Crippen LogP contribution in [0, 0.1) is 0 Å². The van der Waals surface area contributed by atoms with Gasteiger partial charge in [0.1, 0.15) is 5.76 Å². The fourth-order valence-electron chi connectivity index (χ4n) is 3.52. The first-order valence-electron chi connectivity index (χ1n) is 7.71. The highest BCUT2D eigenvalue weighted by Crippen LogP contribution is 2.32. The van der Waals surface area contributed by atoms with Gasteiger partial charge in [-0.05, 0) is 32.4 Å². The molecule has 0 unspecified atom stereocenters. The van der Waals surface area contributed by atoms with Gasteiger partial charge in [-0.15, -0.1) is 0 Å². The molecular weight excluding hydrogens is 238 g/mol. The molecule has 106 valence electrons. The van der Waals surface area contributed by atoms with Gasteiger partial charge in [-0.25, -0.2) is 4.98 Å². The van der Waals surface area contributed by atoms with Crippen molar-refractivity contribution in [2.45, 2.75) is 57.5 Å². The molecule has 4 nitrogen and oxygen atoms in total. The van der Waals surface area contributed by atoms with Crippen molar-refractivity contribution in [1.82, 2.24) is 15.2 Å². The van der Waals surface area contributed by atoms with E-state index in [4.69, 9.17) is 4.42 Å². The Kier molecular flexibility index (Phi) is 3.89. The first-order chi connectivity index (χ1) is 9.30. The van der Waals surface area contributed by atoms with Gasteiger partial charge in [-0.3, -0.25) is 4.90 Å². The maximum absolute atomic E-state index is 5.75. The molecule has 1 spiro atoms. The summed E-state index contributed by atoms with van der Waals surface area (Å²) in [4.78, 5) is 6.92. The van der Waals surface area contributed by atoms with Crippen LogP contribution in [0.25, 0.3) is 0 Å². The number of aryl methyl sites for hydroxylation is 1. The number of oxazole rings is 1. The molecule has 2 fully saturated rings. The molecule has 1 saturated heterocycles. The number of hydrogen-bond acceptors (Lipinski definition) is 4. The maximum atomic E-state index is 5.75. The molecule has 2 heterocycles. The molecule has 1 saturated carbocycles. The van der Waals surface area contributed by atoms with Gasteiger partial charge in [0, 0.05) is 18.5 Å². The highest BCUT2D eigenvalue weighted by Gasteiger charge is 2.36. The molecule has 0 amide bonds. The Balaban J connectivity index is 1.65. The Bertz CT molecular complexity index is 409. The zero-order chi connectivity index (χ0) is 13.1. The SMILES string of the molecule is CCc1cnc(CN2CCCNC3(CCCC3)C2)o1. The van der Waals surface area contributed by atoms with E-state index in [0.717, 1.165) is 44.3 Å². The summed E-state index contributed by atoms with van der Waals surface area (Å²) in [6, 6.07) is 0. The third-order valence-corrected chi connectivity index (χ3v) is 4.55. The lowest BCUT2D eigenvalue weighted by Gasteiger charge is -2.32. The second-order valence-corrected chi connectivity index (χ2v) is 6.05. The summed E-state index contributed by atoms with van der Waals surface area (Å²) in [7, 11) is 0. The molecule has 1 aromatic rings. The fraction of sp³-hybridized carbons (Fsp3) is 0.800. The number of aromatic nitrogens is 1. The van der Waals surface area contributed by atoms with Crippen molar-refractivity contribution in [3.63, 3.8) is 0 Å². The Hall–Kier alpha value is -0.870. The number of hydrogen-bond donors (Lipinski definition) is 1. The standard InChI is InChI=1S/C15H25N3O/c1-2-13-10-16-14(19-13)11-18-9-5-8-17-15(12-18)6-3-4-7-15/h10,17H,2-9,11-12H2,1H3. The Morgan fingerprint density at radius 1 is 1.37 bits per heavy atom. The number of nitrogens with zero attached hydrogens (tertiary/aromatic N) is 2. The lowest BCUT2D eigenvalue weighted by Crippen LogP contribution is -2.49. The van der Waals surface area contributed by atoms with Gasteiger partial charge >= 0.3 is 0 Å². The highest BCUT2D eigenvalue weighted by molar-refractivity contribution is 4.99. The zero-order valence-electron chi connectivity index (χ0n) is 12.0. The summed E-state index contributed by atoms with van der Waals surface area (Å²) in [6.45, 7) is 6.43. The van der Waals surface area contributed by atoms with Crippen LogP contribution in [-0.2, 0) is 13.0 Å². The molecule has 0 atom stereocenters. The minimum absolute atomic E-state index is 0.372. The second-order valence-electron chi connectivity index (χ2n) is 6.05. The number of nitrogens with one attached hydrogen (secondary N) is 1. The van der Waals surface area contributed by atoms with Crippen LogP contribution in [0.5, 0.6) is 0 Å². The average molecular weight is 263 g/mol. The van der Waals surface area contributed by atoms with Crippen LogP contribution in [-0.4, -0.2) is 35.1 Å². The fourth-order valence-corrected chi connectivity index (χ4v) is 3.52. The van der Waals surface area contributed by atoms with Gasteiger partial charge < -0.3 is 9.73 Å². The molecule has 1 aliphatic heterocycles. The van der Waals surface area contributed by atoms with Gasteiger partial charge in [-0.1, -0.05) is 19.8 Å². The molecule has 4 heteroatoms. The normalized spacial score (nSPS) is 23.8. The molecule has 1 aromatic heterocycles. The largest absolute Gasteiger partial charge is 0.444 e. The van der Waals surface area contributed by atoms with E-state index < -0.39 is 0 Å². The molecule has 0 bridgehead atoms. The van der Waals surface area contributed by atoms with Crippen LogP contribution in [0.1, 0.15) is 50.7 Å². The van der Waals surface area contributed by atoms with E-state index in [0.29, 0.717) is 5.54 Å². The van der Waals surface area contributed by atoms with Crippen LogP contribution in [0.15, 0.2) is 10.6 Å². The van der Waals surface area contributed by atoms with E-state index >= 15 is 0 Å². The van der Waals surface area contributed by atoms with Gasteiger partial charge in [0.2, 0.25) is 5.89 Å². The smallest absolute Gasteiger partial charge is 0.208 e. The van der Waals surface area contributed by atoms with E-state index in [-0.39, 0.29) is 0 Å². The quantitative estimate of drug-likeness (QED) is 0.909. The van der Waals surface area contributed by atoms with Gasteiger partial charge in [0.05, 0.1) is 12.7 Å². The van der Waals surface area contributed by atoms with Crippen molar-refractivity contribution < 1.29 is 4.42 Å². The third-order valence-electron chi connectivity index (χ3n) is 4.55. The average Bonchev–Trinajstić information content (AvgIpc) is 2.99. The molecule has 3 rings (SSSR count). The summed E-state index contributed by atoms with van der Waals surface area (Å²) in [5, 5.41) is 3.80. The van der Waals surface area contributed by atoms with E-state index in [1.54, 1.807) is 0 Å². The first kappa shape index (κ1) is 13.1. The highest BCUT2D eigenvalue weighted by atomic mass is 16.4. The van der Waals surface area contributed by atoms with Crippen LogP contribution in [0.2, 0.25) is 0 Å². The van der Waals surface area contributed by atoms with Gasteiger partial charge in [0.15, 0.2) is 0 Å². The van der Waals surface area contributed by atoms with Crippen LogP contribution in [0.4, 0.5) is 0 Å². The molecule has 0 radical (unpaired) electrons. The van der Waals surface area contributed by atoms with Gasteiger partial charge in [-0.2, -0.15) is 0 Å². The Morgan fingerprint density at radius 2 is 2.21 bits per heavy atom. The topological polar surface area (TPSA) is 41.3 Å². The zero-order valence-corrected chi connectivity index (χ0v) is 12.0. The summed E-state index contributed by atoms with van der Waals surface area (Å²) < 4.78 is 5.75. The summed E-state index contributed by atoms with van der Waals surface area (Å²) in [5.74, 6) is 1.88. The minimum Gasteiger partial charge on any atom is -0.444 e. The predicted octanol–water partition coefficient (Wildman–Crippen LogP) is 2.35. The minimum atomic E-state index is 0.372. The van der Waals surface area contributed by atoms with E-state index in [9.17, 15) is 0 Å². The van der Waals surface area contributed by atoms with Gasteiger partial charge in [0.25, 0.3) is 0 Å². The summed E-state index contributed by atoms with van der Waals surface area (Å²) >= 11 is 0. The van der Waals surface area contributed by atoms with Crippen LogP contribution >= 0.6 is 0 Å². The first-order valence-corrected chi connectivity index (χ1v) is 7.71. The van der Waals surface area contributed by atoms with Crippen molar-refractivity contribution >= 4 is 0 Å². The Morgan fingerprint density at radius 3 is 2.95 bits per heavy atom. The van der Waals surface area contributed by atoms with Crippen LogP contribution in [0.3, 0.4) is 0 Å². The summed E-state index contributed by atoms with van der Waals surface area (Å²) in [6.07, 6.45) is 9.43. The lowest BCUT2D eigenvalue weighted by molar-refractivity contribution is 0.187. The maximum Gasteiger partial charge on any atom is 0.208 e. The number of rotatable bonds is 3. The predicted molar refractivity (Wildman–Crippen MR) is 75.0 cm³/mol. The van der Waals surface area contributed by atoms with Crippen molar-refractivity contribution in [1.29, 1.82) is 0 Å². The third kappa shape index (κ3) is 3.00. The molecule has 2 aliphatic rings. The second kappa shape index (κ2) is 5.63. The molecular formula is C15H25N3O. The van der Waals surface area contributed by atoms with E-state index in [1.807, 2.05) is 6.20 Å². The van der Waals surface area contributed by atoms with Crippen molar-refractivity contribution in [2.75, 3.05) is 19.6 Å². The van der Waals surface area contributed by atoms with Crippen molar-refractivity contribution in [2.24, 2.45) is 0 Å². The van der Waals surface area contributed by atoms with Crippen molar-refractivity contribution in [3.8, 4) is 0 Å². The molecule has 0 aromatic carbocycles. The van der Waals surface area contributed by atoms with Crippen molar-refractivity contribution in [3.05, 3.63) is 17.8 Å². The molecule has 1 N–H and O–H groups in total. The van der Waals surface area contributed by atoms with Crippen LogP contribution < -0.4 is 5.32 Å². The molecule has 19 heavy (non-hydrogen) atoms. The summed E-state index contributed by atoms with van der Waals surface area (Å²) in [5.41, 5.74) is 0.372.